The molecular formula is C19H29N5O2. The van der Waals surface area contributed by atoms with Crippen molar-refractivity contribution in [3.05, 3.63) is 23.9 Å². The molecule has 3 heterocycles. The van der Waals surface area contributed by atoms with Crippen LogP contribution in [0.4, 0.5) is 5.82 Å². The number of Topliss-reactive ketones (excluding diaryl/α,β-unsaturated/α-hetero) is 1. The number of carbonyl (C=O) groups is 2. The van der Waals surface area contributed by atoms with Crippen LogP contribution in [0.1, 0.15) is 30.1 Å². The van der Waals surface area contributed by atoms with E-state index >= 15 is 0 Å². The van der Waals surface area contributed by atoms with Crippen molar-refractivity contribution in [2.24, 2.45) is 11.7 Å². The molecule has 0 spiro atoms. The summed E-state index contributed by atoms with van der Waals surface area (Å²) < 4.78 is 0. The van der Waals surface area contributed by atoms with Crippen molar-refractivity contribution >= 4 is 17.5 Å². The Morgan fingerprint density at radius 2 is 1.77 bits per heavy atom. The van der Waals surface area contributed by atoms with E-state index in [2.05, 4.69) is 19.7 Å². The molecule has 7 nitrogen and oxygen atoms in total. The number of piperazine rings is 1. The highest BCUT2D eigenvalue weighted by atomic mass is 16.1. The summed E-state index contributed by atoms with van der Waals surface area (Å²) in [6, 6.07) is 3.80. The van der Waals surface area contributed by atoms with Crippen molar-refractivity contribution in [2.75, 3.05) is 57.3 Å². The predicted octanol–water partition coefficient (Wildman–Crippen LogP) is 0.604. The lowest BCUT2D eigenvalue weighted by Crippen LogP contribution is -2.49. The van der Waals surface area contributed by atoms with Crippen molar-refractivity contribution in [3.8, 4) is 0 Å². The molecule has 1 aromatic rings. The molecule has 26 heavy (non-hydrogen) atoms. The van der Waals surface area contributed by atoms with Gasteiger partial charge in [0.05, 0.1) is 6.54 Å². The van der Waals surface area contributed by atoms with E-state index in [0.29, 0.717) is 18.0 Å². The molecule has 0 atom stereocenters. The van der Waals surface area contributed by atoms with Crippen LogP contribution in [0.3, 0.4) is 0 Å². The predicted molar refractivity (Wildman–Crippen MR) is 101 cm³/mol. The molecule has 1 amide bonds. The molecule has 2 aliphatic rings. The molecule has 0 aliphatic carbocycles. The normalized spacial score (nSPS) is 20.3. The van der Waals surface area contributed by atoms with Gasteiger partial charge in [0.25, 0.3) is 0 Å². The smallest absolute Gasteiger partial charge is 0.231 e. The molecule has 0 bridgehead atoms. The maximum Gasteiger partial charge on any atom is 0.231 e. The monoisotopic (exact) mass is 359 g/mol. The highest BCUT2D eigenvalue weighted by Gasteiger charge is 2.24. The lowest BCUT2D eigenvalue weighted by Gasteiger charge is -2.39. The summed E-state index contributed by atoms with van der Waals surface area (Å²) in [6.07, 6.45) is 3.95. The van der Waals surface area contributed by atoms with E-state index in [1.807, 2.05) is 12.1 Å². The Hall–Kier alpha value is -1.99. The summed E-state index contributed by atoms with van der Waals surface area (Å²) in [5.41, 5.74) is 5.94. The van der Waals surface area contributed by atoms with Crippen LogP contribution in [0.2, 0.25) is 0 Å². The van der Waals surface area contributed by atoms with Crippen LogP contribution < -0.4 is 10.6 Å². The van der Waals surface area contributed by atoms with E-state index in [1.54, 1.807) is 13.1 Å². The summed E-state index contributed by atoms with van der Waals surface area (Å²) in [7, 11) is 0. The first kappa shape index (κ1) is 18.8. The molecule has 0 radical (unpaired) electrons. The average Bonchev–Trinajstić information content (AvgIpc) is 2.64. The summed E-state index contributed by atoms with van der Waals surface area (Å²) in [4.78, 5) is 33.8. The first-order valence-corrected chi connectivity index (χ1v) is 9.46. The van der Waals surface area contributed by atoms with E-state index in [0.717, 1.165) is 64.5 Å². The van der Waals surface area contributed by atoms with Gasteiger partial charge in [-0.15, -0.1) is 0 Å². The molecule has 7 heteroatoms. The first-order chi connectivity index (χ1) is 12.5. The van der Waals surface area contributed by atoms with Gasteiger partial charge in [0, 0.05) is 44.5 Å². The Morgan fingerprint density at radius 3 is 2.31 bits per heavy atom. The van der Waals surface area contributed by atoms with Crippen LogP contribution in [-0.2, 0) is 4.79 Å². The van der Waals surface area contributed by atoms with Gasteiger partial charge in [-0.25, -0.2) is 4.98 Å². The van der Waals surface area contributed by atoms with E-state index < -0.39 is 0 Å². The molecule has 2 saturated heterocycles. The van der Waals surface area contributed by atoms with E-state index in [-0.39, 0.29) is 11.7 Å². The number of amides is 1. The molecule has 2 fully saturated rings. The van der Waals surface area contributed by atoms with Gasteiger partial charge in [0.1, 0.15) is 5.82 Å². The Bertz CT molecular complexity index is 617. The van der Waals surface area contributed by atoms with Gasteiger partial charge in [0.15, 0.2) is 5.78 Å². The minimum Gasteiger partial charge on any atom is -0.369 e. The molecular weight excluding hydrogens is 330 g/mol. The van der Waals surface area contributed by atoms with Crippen LogP contribution in [0.15, 0.2) is 18.3 Å². The largest absolute Gasteiger partial charge is 0.369 e. The van der Waals surface area contributed by atoms with Crippen molar-refractivity contribution in [3.63, 3.8) is 0 Å². The number of pyridine rings is 1. The fourth-order valence-electron chi connectivity index (χ4n) is 3.85. The van der Waals surface area contributed by atoms with Gasteiger partial charge in [-0.1, -0.05) is 0 Å². The first-order valence-electron chi connectivity index (χ1n) is 9.46. The number of hydrogen-bond donors (Lipinski definition) is 1. The second kappa shape index (κ2) is 8.60. The second-order valence-corrected chi connectivity index (χ2v) is 7.43. The minimum atomic E-state index is -0.232. The minimum absolute atomic E-state index is 0.0516. The number of primary amides is 1. The van der Waals surface area contributed by atoms with Gasteiger partial charge in [-0.2, -0.15) is 0 Å². The SMILES string of the molecule is CC(=O)c1ccc(N2CCN(CC3CCN(CC(N)=O)CC3)CC2)nc1. The van der Waals surface area contributed by atoms with Gasteiger partial charge < -0.3 is 10.6 Å². The average molecular weight is 359 g/mol. The molecule has 3 rings (SSSR count). The van der Waals surface area contributed by atoms with Gasteiger partial charge in [-0.05, 0) is 50.9 Å². The maximum absolute atomic E-state index is 11.4. The molecule has 1 aromatic heterocycles. The van der Waals surface area contributed by atoms with Crippen LogP contribution in [0.25, 0.3) is 0 Å². The summed E-state index contributed by atoms with van der Waals surface area (Å²) in [5, 5.41) is 0. The number of rotatable bonds is 6. The fourth-order valence-corrected chi connectivity index (χ4v) is 3.85. The van der Waals surface area contributed by atoms with Crippen LogP contribution >= 0.6 is 0 Å². The summed E-state index contributed by atoms with van der Waals surface area (Å²) in [6.45, 7) is 9.04. The second-order valence-electron chi connectivity index (χ2n) is 7.43. The molecule has 0 saturated carbocycles. The quantitative estimate of drug-likeness (QED) is 0.749. The van der Waals surface area contributed by atoms with Crippen LogP contribution in [0, 0.1) is 5.92 Å². The number of carbonyl (C=O) groups excluding carboxylic acids is 2. The third-order valence-electron chi connectivity index (χ3n) is 5.45. The lowest BCUT2D eigenvalue weighted by molar-refractivity contribution is -0.119. The van der Waals surface area contributed by atoms with Gasteiger partial charge in [0.2, 0.25) is 5.91 Å². The van der Waals surface area contributed by atoms with Crippen LogP contribution in [-0.4, -0.2) is 78.8 Å². The summed E-state index contributed by atoms with van der Waals surface area (Å²) in [5.74, 6) is 1.48. The maximum atomic E-state index is 11.4. The number of piperidine rings is 1. The highest BCUT2D eigenvalue weighted by molar-refractivity contribution is 5.93. The number of nitrogens with zero attached hydrogens (tertiary/aromatic N) is 4. The Labute approximate surface area is 155 Å². The standard InChI is InChI=1S/C19H29N5O2/c1-15(25)17-2-3-19(21-12-17)24-10-8-23(9-11-24)13-16-4-6-22(7-5-16)14-18(20)26/h2-3,12,16H,4-11,13-14H2,1H3,(H2,20,26). The van der Waals surface area contributed by atoms with Gasteiger partial charge in [-0.3, -0.25) is 19.4 Å². The van der Waals surface area contributed by atoms with Crippen molar-refractivity contribution in [1.82, 2.24) is 14.8 Å². The topological polar surface area (TPSA) is 82.8 Å². The Balaban J connectivity index is 1.41. The zero-order chi connectivity index (χ0) is 18.5. The van der Waals surface area contributed by atoms with E-state index in [4.69, 9.17) is 5.73 Å². The number of anilines is 1. The zero-order valence-electron chi connectivity index (χ0n) is 15.6. The Morgan fingerprint density at radius 1 is 1.08 bits per heavy atom. The molecule has 2 aliphatic heterocycles. The van der Waals surface area contributed by atoms with Crippen molar-refractivity contribution in [2.45, 2.75) is 19.8 Å². The number of aromatic nitrogens is 1. The van der Waals surface area contributed by atoms with E-state index in [1.165, 1.54) is 0 Å². The lowest BCUT2D eigenvalue weighted by atomic mass is 9.96. The van der Waals surface area contributed by atoms with E-state index in [9.17, 15) is 9.59 Å². The molecule has 0 aromatic carbocycles. The van der Waals surface area contributed by atoms with Crippen molar-refractivity contribution < 1.29 is 9.59 Å². The highest BCUT2D eigenvalue weighted by Crippen LogP contribution is 2.20. The number of hydrogen-bond acceptors (Lipinski definition) is 6. The molecule has 0 unspecified atom stereocenters. The molecule has 142 valence electrons. The zero-order valence-corrected chi connectivity index (χ0v) is 15.6. The third-order valence-corrected chi connectivity index (χ3v) is 5.45. The number of nitrogens with two attached hydrogens (primary N) is 1. The Kier molecular flexibility index (Phi) is 6.21. The molecule has 2 N–H and O–H groups in total. The summed E-state index contributed by atoms with van der Waals surface area (Å²) >= 11 is 0. The number of ketones is 1. The van der Waals surface area contributed by atoms with Gasteiger partial charge >= 0.3 is 0 Å². The van der Waals surface area contributed by atoms with Crippen molar-refractivity contribution in [1.29, 1.82) is 0 Å². The third kappa shape index (κ3) is 5.02. The van der Waals surface area contributed by atoms with Crippen LogP contribution in [0.5, 0.6) is 0 Å². The fraction of sp³-hybridized carbons (Fsp3) is 0.632. The number of likely N-dealkylation sites (tertiary alicyclic amines) is 1.